The lowest BCUT2D eigenvalue weighted by atomic mass is 10.0. The first-order valence-electron chi connectivity index (χ1n) is 6.82. The molecule has 0 radical (unpaired) electrons. The van der Waals surface area contributed by atoms with E-state index in [0.717, 1.165) is 0 Å². The topological polar surface area (TPSA) is 107 Å². The molecular formula is C15H14N2O5S. The Bertz CT molecular complexity index is 862. The van der Waals surface area contributed by atoms with Crippen LogP contribution in [0.15, 0.2) is 47.4 Å². The van der Waals surface area contributed by atoms with E-state index in [1.807, 2.05) is 0 Å². The Kier molecular flexibility index (Phi) is 3.70. The number of nitrogens with zero attached hydrogens (tertiary/aromatic N) is 1. The maximum Gasteiger partial charge on any atom is 0.321 e. The highest BCUT2D eigenvalue weighted by Gasteiger charge is 2.24. The van der Waals surface area contributed by atoms with Crippen molar-refractivity contribution in [3.05, 3.63) is 42.5 Å². The molecule has 0 saturated carbocycles. The van der Waals surface area contributed by atoms with E-state index < -0.39 is 10.1 Å². The zero-order valence-corrected chi connectivity index (χ0v) is 12.7. The zero-order valence-electron chi connectivity index (χ0n) is 11.9. The largest absolute Gasteiger partial charge is 0.508 e. The summed E-state index contributed by atoms with van der Waals surface area (Å²) in [6, 6.07) is 9.90. The summed E-state index contributed by atoms with van der Waals surface area (Å²) >= 11 is 0. The van der Waals surface area contributed by atoms with E-state index in [1.165, 1.54) is 47.4 Å². The lowest BCUT2D eigenvalue weighted by Gasteiger charge is -2.17. The molecule has 0 aliphatic carbocycles. The molecule has 2 amide bonds. The standard InChI is InChI=1S/C15H14N2O5S/c18-12-4-1-10(2-5-12)13-9-11(17-8-7-16-15(17)19)3-6-14(13)23(20,21)22/h1-6,9,18H,7-8H2,(H,16,19)(H,20,21,22). The van der Waals surface area contributed by atoms with Crippen LogP contribution in [0.4, 0.5) is 10.5 Å². The van der Waals surface area contributed by atoms with Gasteiger partial charge in [-0.1, -0.05) is 12.1 Å². The van der Waals surface area contributed by atoms with E-state index in [0.29, 0.717) is 24.3 Å². The van der Waals surface area contributed by atoms with Gasteiger partial charge >= 0.3 is 6.03 Å². The van der Waals surface area contributed by atoms with Crippen LogP contribution in [-0.4, -0.2) is 37.2 Å². The number of carbonyl (C=O) groups excluding carboxylic acids is 1. The molecule has 23 heavy (non-hydrogen) atoms. The molecule has 0 atom stereocenters. The molecule has 0 spiro atoms. The van der Waals surface area contributed by atoms with Crippen molar-refractivity contribution in [2.24, 2.45) is 0 Å². The van der Waals surface area contributed by atoms with Gasteiger partial charge in [-0.05, 0) is 35.9 Å². The molecule has 1 fully saturated rings. The molecule has 0 unspecified atom stereocenters. The SMILES string of the molecule is O=C1NCCN1c1ccc(S(=O)(=O)O)c(-c2ccc(O)cc2)c1. The Morgan fingerprint density at radius 2 is 1.78 bits per heavy atom. The van der Waals surface area contributed by atoms with E-state index in [9.17, 15) is 22.9 Å². The van der Waals surface area contributed by atoms with E-state index >= 15 is 0 Å². The van der Waals surface area contributed by atoms with Crippen molar-refractivity contribution in [3.8, 4) is 16.9 Å². The normalized spacial score (nSPS) is 14.8. The molecule has 3 N–H and O–H groups in total. The molecule has 2 aromatic rings. The molecule has 120 valence electrons. The number of amides is 2. The lowest BCUT2D eigenvalue weighted by molar-refractivity contribution is 0.252. The number of carbonyl (C=O) groups is 1. The van der Waals surface area contributed by atoms with Gasteiger partial charge in [0.25, 0.3) is 10.1 Å². The average Bonchev–Trinajstić information content (AvgIpc) is 2.93. The van der Waals surface area contributed by atoms with Gasteiger partial charge < -0.3 is 10.4 Å². The maximum atomic E-state index is 11.8. The summed E-state index contributed by atoms with van der Waals surface area (Å²) in [5.74, 6) is 0.0391. The van der Waals surface area contributed by atoms with E-state index in [1.54, 1.807) is 0 Å². The van der Waals surface area contributed by atoms with Crippen molar-refractivity contribution in [2.45, 2.75) is 4.90 Å². The Hall–Kier alpha value is -2.58. The minimum absolute atomic E-state index is 0.0391. The lowest BCUT2D eigenvalue weighted by Crippen LogP contribution is -2.27. The quantitative estimate of drug-likeness (QED) is 0.743. The molecule has 0 bridgehead atoms. The number of anilines is 1. The molecule has 1 saturated heterocycles. The summed E-state index contributed by atoms with van der Waals surface area (Å²) in [4.78, 5) is 13.0. The molecule has 7 nitrogen and oxygen atoms in total. The van der Waals surface area contributed by atoms with Gasteiger partial charge in [0.2, 0.25) is 0 Å². The second-order valence-electron chi connectivity index (χ2n) is 5.09. The van der Waals surface area contributed by atoms with Crippen LogP contribution in [0.25, 0.3) is 11.1 Å². The third kappa shape index (κ3) is 2.99. The number of hydrogen-bond acceptors (Lipinski definition) is 4. The van der Waals surface area contributed by atoms with Gasteiger partial charge in [-0.15, -0.1) is 0 Å². The van der Waals surface area contributed by atoms with Crippen molar-refractivity contribution >= 4 is 21.8 Å². The van der Waals surface area contributed by atoms with E-state index in [2.05, 4.69) is 5.32 Å². The molecule has 1 aliphatic heterocycles. The first kappa shape index (κ1) is 15.3. The predicted molar refractivity (Wildman–Crippen MR) is 84.1 cm³/mol. The Morgan fingerprint density at radius 3 is 2.35 bits per heavy atom. The van der Waals surface area contributed by atoms with Crippen LogP contribution in [0, 0.1) is 0 Å². The van der Waals surface area contributed by atoms with Crippen LogP contribution < -0.4 is 10.2 Å². The van der Waals surface area contributed by atoms with Crippen molar-refractivity contribution in [1.29, 1.82) is 0 Å². The van der Waals surface area contributed by atoms with Gasteiger partial charge in [-0.25, -0.2) is 4.79 Å². The fourth-order valence-electron chi connectivity index (χ4n) is 2.50. The monoisotopic (exact) mass is 334 g/mol. The molecule has 2 aromatic carbocycles. The van der Waals surface area contributed by atoms with Gasteiger partial charge in [0.05, 0.1) is 0 Å². The summed E-state index contributed by atoms with van der Waals surface area (Å²) in [6.07, 6.45) is 0. The third-order valence-corrected chi connectivity index (χ3v) is 4.50. The molecular weight excluding hydrogens is 320 g/mol. The van der Waals surface area contributed by atoms with Gasteiger partial charge in [0.15, 0.2) is 0 Å². The Labute approximate surface area is 132 Å². The van der Waals surface area contributed by atoms with E-state index in [4.69, 9.17) is 0 Å². The number of rotatable bonds is 3. The molecule has 3 rings (SSSR count). The molecule has 1 heterocycles. The number of aromatic hydroxyl groups is 1. The number of urea groups is 1. The third-order valence-electron chi connectivity index (χ3n) is 3.59. The second-order valence-corrected chi connectivity index (χ2v) is 6.48. The number of phenols is 1. The summed E-state index contributed by atoms with van der Waals surface area (Å²) in [7, 11) is -4.43. The smallest absolute Gasteiger partial charge is 0.321 e. The summed E-state index contributed by atoms with van der Waals surface area (Å²) < 4.78 is 32.6. The fraction of sp³-hybridized carbons (Fsp3) is 0.133. The van der Waals surface area contributed by atoms with E-state index in [-0.39, 0.29) is 22.2 Å². The van der Waals surface area contributed by atoms with Crippen LogP contribution in [0.1, 0.15) is 0 Å². The number of phenolic OH excluding ortho intramolecular Hbond substituents is 1. The van der Waals surface area contributed by atoms with Crippen LogP contribution in [0.3, 0.4) is 0 Å². The molecule has 0 aromatic heterocycles. The number of nitrogens with one attached hydrogen (secondary N) is 1. The van der Waals surface area contributed by atoms with Gasteiger partial charge in [0, 0.05) is 24.3 Å². The summed E-state index contributed by atoms with van der Waals surface area (Å²) in [6.45, 7) is 0.979. The maximum absolute atomic E-state index is 11.8. The minimum Gasteiger partial charge on any atom is -0.508 e. The van der Waals surface area contributed by atoms with Gasteiger partial charge in [-0.2, -0.15) is 8.42 Å². The van der Waals surface area contributed by atoms with Gasteiger partial charge in [-0.3, -0.25) is 9.45 Å². The first-order valence-corrected chi connectivity index (χ1v) is 8.26. The van der Waals surface area contributed by atoms with Crippen LogP contribution in [-0.2, 0) is 10.1 Å². The van der Waals surface area contributed by atoms with Crippen LogP contribution in [0.2, 0.25) is 0 Å². The van der Waals surface area contributed by atoms with Crippen LogP contribution >= 0.6 is 0 Å². The van der Waals surface area contributed by atoms with Crippen LogP contribution in [0.5, 0.6) is 5.75 Å². The fourth-order valence-corrected chi connectivity index (χ4v) is 3.19. The Morgan fingerprint density at radius 1 is 1.09 bits per heavy atom. The highest BCUT2D eigenvalue weighted by atomic mass is 32.2. The number of benzene rings is 2. The predicted octanol–water partition coefficient (Wildman–Crippen LogP) is 1.84. The zero-order chi connectivity index (χ0) is 16.6. The molecule has 8 heteroatoms. The van der Waals surface area contributed by atoms with Crippen molar-refractivity contribution in [2.75, 3.05) is 18.0 Å². The Balaban J connectivity index is 2.16. The molecule has 1 aliphatic rings. The highest BCUT2D eigenvalue weighted by molar-refractivity contribution is 7.86. The van der Waals surface area contributed by atoms with Gasteiger partial charge in [0.1, 0.15) is 10.6 Å². The van der Waals surface area contributed by atoms with Crippen molar-refractivity contribution in [3.63, 3.8) is 0 Å². The first-order chi connectivity index (χ1) is 10.9. The van der Waals surface area contributed by atoms with Crippen molar-refractivity contribution in [1.82, 2.24) is 5.32 Å². The summed E-state index contributed by atoms with van der Waals surface area (Å²) in [5.41, 5.74) is 1.28. The summed E-state index contributed by atoms with van der Waals surface area (Å²) in [5, 5.41) is 12.0. The van der Waals surface area contributed by atoms with Crippen molar-refractivity contribution < 1.29 is 22.9 Å². The number of hydrogen-bond donors (Lipinski definition) is 3. The minimum atomic E-state index is -4.43. The highest BCUT2D eigenvalue weighted by Crippen LogP contribution is 2.32. The average molecular weight is 334 g/mol. The second kappa shape index (κ2) is 5.56.